The minimum absolute atomic E-state index is 0.123. The molecule has 1 saturated heterocycles. The molecule has 5 nitrogen and oxygen atoms in total. The van der Waals surface area contributed by atoms with Gasteiger partial charge in [0.1, 0.15) is 0 Å². The lowest BCUT2D eigenvalue weighted by atomic mass is 10.1. The molecule has 1 aliphatic heterocycles. The smallest absolute Gasteiger partial charge is 0.240 e. The summed E-state index contributed by atoms with van der Waals surface area (Å²) in [5.74, 6) is 0. The van der Waals surface area contributed by atoms with E-state index in [0.717, 1.165) is 50.2 Å². The second-order valence-electron chi connectivity index (χ2n) is 7.44. The standard InChI is InChI=1S/C22H30N2O3S/c1-18-10-11-19(2)22(16-18)28(25,26)23-12-6-7-13-24-14-15-27-21(17-24)20-8-4-3-5-9-20/h3-5,8-11,16,21,23H,6-7,12-15,17H2,1-2H3/t21-/m1/s1. The predicted molar refractivity (Wildman–Crippen MR) is 112 cm³/mol. The van der Waals surface area contributed by atoms with E-state index in [-0.39, 0.29) is 6.10 Å². The maximum Gasteiger partial charge on any atom is 0.240 e. The van der Waals surface area contributed by atoms with Crippen LogP contribution in [0.3, 0.4) is 0 Å². The van der Waals surface area contributed by atoms with Gasteiger partial charge in [0.25, 0.3) is 0 Å². The van der Waals surface area contributed by atoms with E-state index in [1.165, 1.54) is 5.56 Å². The summed E-state index contributed by atoms with van der Waals surface area (Å²) >= 11 is 0. The summed E-state index contributed by atoms with van der Waals surface area (Å²) in [6.45, 7) is 7.70. The molecule has 0 saturated carbocycles. The molecule has 1 fully saturated rings. The van der Waals surface area contributed by atoms with Gasteiger partial charge in [-0.3, -0.25) is 4.90 Å². The van der Waals surface area contributed by atoms with Crippen molar-refractivity contribution in [1.29, 1.82) is 0 Å². The van der Waals surface area contributed by atoms with Gasteiger partial charge in [0.05, 0.1) is 17.6 Å². The van der Waals surface area contributed by atoms with Crippen LogP contribution >= 0.6 is 0 Å². The summed E-state index contributed by atoms with van der Waals surface area (Å²) in [7, 11) is -3.45. The van der Waals surface area contributed by atoms with Gasteiger partial charge in [-0.25, -0.2) is 13.1 Å². The summed E-state index contributed by atoms with van der Waals surface area (Å²) in [6, 6.07) is 15.8. The molecule has 0 bridgehead atoms. The first kappa shape index (κ1) is 21.0. The maximum atomic E-state index is 12.5. The highest BCUT2D eigenvalue weighted by Gasteiger charge is 2.21. The van der Waals surface area contributed by atoms with Crippen molar-refractivity contribution in [3.05, 3.63) is 65.2 Å². The maximum absolute atomic E-state index is 12.5. The first-order chi connectivity index (χ1) is 13.5. The first-order valence-corrected chi connectivity index (χ1v) is 11.4. The summed E-state index contributed by atoms with van der Waals surface area (Å²) in [5, 5.41) is 0. The Morgan fingerprint density at radius 1 is 1.11 bits per heavy atom. The van der Waals surface area contributed by atoms with E-state index in [0.29, 0.717) is 11.4 Å². The molecule has 2 aromatic carbocycles. The van der Waals surface area contributed by atoms with Crippen molar-refractivity contribution in [2.45, 2.75) is 37.7 Å². The molecule has 1 heterocycles. The fraction of sp³-hybridized carbons (Fsp3) is 0.455. The number of sulfonamides is 1. The third-order valence-corrected chi connectivity index (χ3v) is 6.75. The Balaban J connectivity index is 1.42. The van der Waals surface area contributed by atoms with E-state index in [2.05, 4.69) is 21.8 Å². The molecule has 0 unspecified atom stereocenters. The zero-order valence-electron chi connectivity index (χ0n) is 16.7. The van der Waals surface area contributed by atoms with Crippen molar-refractivity contribution in [1.82, 2.24) is 9.62 Å². The molecule has 0 aliphatic carbocycles. The SMILES string of the molecule is Cc1ccc(C)c(S(=O)(=O)NCCCCN2CCO[C@@H](c3ccccc3)C2)c1. The van der Waals surface area contributed by atoms with Crippen molar-refractivity contribution >= 4 is 10.0 Å². The van der Waals surface area contributed by atoms with E-state index in [1.54, 1.807) is 6.07 Å². The number of nitrogens with zero attached hydrogens (tertiary/aromatic N) is 1. The lowest BCUT2D eigenvalue weighted by molar-refractivity contribution is -0.0303. The minimum atomic E-state index is -3.45. The number of rotatable bonds is 8. The Morgan fingerprint density at radius 2 is 1.89 bits per heavy atom. The normalized spacial score (nSPS) is 18.3. The molecule has 1 atom stereocenters. The van der Waals surface area contributed by atoms with Gasteiger partial charge in [-0.15, -0.1) is 0 Å². The topological polar surface area (TPSA) is 58.6 Å². The molecule has 1 N–H and O–H groups in total. The van der Waals surface area contributed by atoms with Crippen LogP contribution in [-0.2, 0) is 14.8 Å². The Labute approximate surface area is 168 Å². The van der Waals surface area contributed by atoms with Gasteiger partial charge < -0.3 is 4.74 Å². The van der Waals surface area contributed by atoms with Crippen LogP contribution in [0.2, 0.25) is 0 Å². The van der Waals surface area contributed by atoms with E-state index < -0.39 is 10.0 Å². The van der Waals surface area contributed by atoms with Crippen molar-refractivity contribution in [3.8, 4) is 0 Å². The van der Waals surface area contributed by atoms with Crippen LogP contribution in [0.5, 0.6) is 0 Å². The number of hydrogen-bond donors (Lipinski definition) is 1. The predicted octanol–water partition coefficient (Wildman–Crippen LogP) is 3.44. The van der Waals surface area contributed by atoms with Crippen LogP contribution in [0.1, 0.15) is 35.6 Å². The lowest BCUT2D eigenvalue weighted by Crippen LogP contribution is -2.39. The highest BCUT2D eigenvalue weighted by Crippen LogP contribution is 2.22. The molecule has 3 rings (SSSR count). The molecule has 0 radical (unpaired) electrons. The summed E-state index contributed by atoms with van der Waals surface area (Å²) in [5.41, 5.74) is 2.94. The summed E-state index contributed by atoms with van der Waals surface area (Å²) in [4.78, 5) is 2.78. The Morgan fingerprint density at radius 3 is 2.68 bits per heavy atom. The van der Waals surface area contributed by atoms with Gasteiger partial charge in [-0.2, -0.15) is 0 Å². The lowest BCUT2D eigenvalue weighted by Gasteiger charge is -2.33. The monoisotopic (exact) mass is 402 g/mol. The Hall–Kier alpha value is -1.73. The molecular formula is C22H30N2O3S. The van der Waals surface area contributed by atoms with E-state index in [4.69, 9.17) is 4.74 Å². The number of ether oxygens (including phenoxy) is 1. The zero-order valence-corrected chi connectivity index (χ0v) is 17.5. The molecule has 152 valence electrons. The zero-order chi connectivity index (χ0) is 20.0. The number of aryl methyl sites for hydroxylation is 2. The van der Waals surface area contributed by atoms with Crippen molar-refractivity contribution in [2.24, 2.45) is 0 Å². The van der Waals surface area contributed by atoms with Gasteiger partial charge in [-0.05, 0) is 56.0 Å². The average molecular weight is 403 g/mol. The van der Waals surface area contributed by atoms with Crippen molar-refractivity contribution in [2.75, 3.05) is 32.8 Å². The molecule has 1 aliphatic rings. The highest BCUT2D eigenvalue weighted by molar-refractivity contribution is 7.89. The quantitative estimate of drug-likeness (QED) is 0.687. The van der Waals surface area contributed by atoms with Crippen molar-refractivity contribution in [3.63, 3.8) is 0 Å². The average Bonchev–Trinajstić information content (AvgIpc) is 2.70. The first-order valence-electron chi connectivity index (χ1n) is 9.91. The van der Waals surface area contributed by atoms with Crippen LogP contribution in [0.4, 0.5) is 0 Å². The molecule has 0 aromatic heterocycles. The molecule has 6 heteroatoms. The second kappa shape index (κ2) is 9.65. The number of unbranched alkanes of at least 4 members (excludes halogenated alkanes) is 1. The van der Waals surface area contributed by atoms with Crippen LogP contribution in [0.15, 0.2) is 53.4 Å². The van der Waals surface area contributed by atoms with Gasteiger partial charge in [0.2, 0.25) is 10.0 Å². The van der Waals surface area contributed by atoms with Crippen molar-refractivity contribution < 1.29 is 13.2 Å². The van der Waals surface area contributed by atoms with E-state index in [1.807, 2.05) is 44.2 Å². The Bertz CT molecular complexity index is 869. The van der Waals surface area contributed by atoms with Gasteiger partial charge in [-0.1, -0.05) is 42.5 Å². The molecular weight excluding hydrogens is 372 g/mol. The summed E-state index contributed by atoms with van der Waals surface area (Å²) in [6.07, 6.45) is 1.90. The fourth-order valence-corrected chi connectivity index (χ4v) is 4.92. The molecule has 0 spiro atoms. The highest BCUT2D eigenvalue weighted by atomic mass is 32.2. The Kier molecular flexibility index (Phi) is 7.24. The second-order valence-corrected chi connectivity index (χ2v) is 9.18. The van der Waals surface area contributed by atoms with Crippen LogP contribution in [0.25, 0.3) is 0 Å². The van der Waals surface area contributed by atoms with Crippen LogP contribution in [0, 0.1) is 13.8 Å². The number of nitrogens with one attached hydrogen (secondary N) is 1. The third-order valence-electron chi connectivity index (χ3n) is 5.15. The minimum Gasteiger partial charge on any atom is -0.371 e. The number of hydrogen-bond acceptors (Lipinski definition) is 4. The van der Waals surface area contributed by atoms with Gasteiger partial charge in [0.15, 0.2) is 0 Å². The summed E-state index contributed by atoms with van der Waals surface area (Å²) < 4.78 is 33.7. The number of benzene rings is 2. The van der Waals surface area contributed by atoms with Gasteiger partial charge >= 0.3 is 0 Å². The fourth-order valence-electron chi connectivity index (χ4n) is 3.52. The van der Waals surface area contributed by atoms with E-state index >= 15 is 0 Å². The van der Waals surface area contributed by atoms with Crippen LogP contribution < -0.4 is 4.72 Å². The van der Waals surface area contributed by atoms with E-state index in [9.17, 15) is 8.42 Å². The third kappa shape index (κ3) is 5.64. The molecule has 0 amide bonds. The molecule has 28 heavy (non-hydrogen) atoms. The van der Waals surface area contributed by atoms with Gasteiger partial charge in [0, 0.05) is 19.6 Å². The number of morpholine rings is 1. The van der Waals surface area contributed by atoms with Crippen LogP contribution in [-0.4, -0.2) is 46.1 Å². The molecule has 2 aromatic rings. The largest absolute Gasteiger partial charge is 0.371 e.